The molecule has 0 fully saturated rings. The highest BCUT2D eigenvalue weighted by atomic mass is 15.2. The van der Waals surface area contributed by atoms with E-state index in [1.54, 1.807) is 0 Å². The summed E-state index contributed by atoms with van der Waals surface area (Å²) in [5.74, 6) is 0.608. The Morgan fingerprint density at radius 1 is 0.875 bits per heavy atom. The molecule has 0 aromatic carbocycles. The fourth-order valence-corrected chi connectivity index (χ4v) is 2.24. The zero-order valence-corrected chi connectivity index (χ0v) is 17.8. The highest BCUT2D eigenvalue weighted by molar-refractivity contribution is 4.83. The molecule has 0 rings (SSSR count). The van der Waals surface area contributed by atoms with E-state index in [-0.39, 0.29) is 5.66 Å². The standard InChI is InChI=1S/C15H34N3.3CH5N/c1-7-8-9-13(2)10-11-14(16-4)12-15(3,17-5)18-6;3*1-2/h13-14,16-18H,2,7-12H2,1,3-6H3;3*2H2,1H3. The summed E-state index contributed by atoms with van der Waals surface area (Å²) in [4.78, 5) is 0. The van der Waals surface area contributed by atoms with Crippen molar-refractivity contribution in [3.05, 3.63) is 6.92 Å². The Bertz CT molecular complexity index is 198. The molecule has 9 N–H and O–H groups in total. The number of nitrogens with one attached hydrogen (secondary N) is 3. The van der Waals surface area contributed by atoms with E-state index in [1.807, 2.05) is 14.1 Å². The number of nitrogens with two attached hydrogens (primary N) is 3. The topological polar surface area (TPSA) is 114 Å². The van der Waals surface area contributed by atoms with Crippen molar-refractivity contribution in [2.24, 2.45) is 23.1 Å². The summed E-state index contributed by atoms with van der Waals surface area (Å²) in [6.45, 7) is 8.71. The molecule has 2 unspecified atom stereocenters. The number of hydrogen-bond donors (Lipinski definition) is 6. The van der Waals surface area contributed by atoms with Crippen molar-refractivity contribution in [3.8, 4) is 0 Å². The van der Waals surface area contributed by atoms with Gasteiger partial charge in [0.25, 0.3) is 0 Å². The van der Waals surface area contributed by atoms with Crippen LogP contribution in [0.1, 0.15) is 52.4 Å². The Hall–Kier alpha value is -0.240. The maximum Gasteiger partial charge on any atom is 0.0668 e. The molecule has 0 heterocycles. The maximum atomic E-state index is 4.50. The molecule has 1 radical (unpaired) electrons. The third-order valence-corrected chi connectivity index (χ3v) is 4.06. The summed E-state index contributed by atoms with van der Waals surface area (Å²) < 4.78 is 0. The van der Waals surface area contributed by atoms with E-state index in [9.17, 15) is 0 Å². The molecule has 151 valence electrons. The molecule has 0 aliphatic heterocycles. The fraction of sp³-hybridized carbons (Fsp3) is 0.944. The van der Waals surface area contributed by atoms with Gasteiger partial charge < -0.3 is 33.2 Å². The molecule has 0 saturated heterocycles. The minimum atomic E-state index is 0.00770. The van der Waals surface area contributed by atoms with E-state index in [2.05, 4.69) is 61.0 Å². The van der Waals surface area contributed by atoms with Gasteiger partial charge in [0.05, 0.1) is 5.66 Å². The van der Waals surface area contributed by atoms with E-state index in [1.165, 1.54) is 53.2 Å². The molecule has 0 bridgehead atoms. The second kappa shape index (κ2) is 25.0. The van der Waals surface area contributed by atoms with Gasteiger partial charge in [0.2, 0.25) is 0 Å². The van der Waals surface area contributed by atoms with Crippen LogP contribution in [0.5, 0.6) is 0 Å². The van der Waals surface area contributed by atoms with Crippen LogP contribution in [0.3, 0.4) is 0 Å². The highest BCUT2D eigenvalue weighted by Crippen LogP contribution is 2.18. The number of rotatable bonds is 11. The lowest BCUT2D eigenvalue weighted by Crippen LogP contribution is -2.54. The Balaban J connectivity index is -0.000000297. The van der Waals surface area contributed by atoms with Gasteiger partial charge in [-0.15, -0.1) is 0 Å². The Labute approximate surface area is 153 Å². The second-order valence-electron chi connectivity index (χ2n) is 5.61. The summed E-state index contributed by atoms with van der Waals surface area (Å²) in [6.07, 6.45) is 7.35. The first-order valence-electron chi connectivity index (χ1n) is 9.12. The second-order valence-corrected chi connectivity index (χ2v) is 5.61. The van der Waals surface area contributed by atoms with Crippen LogP contribution in [0.25, 0.3) is 0 Å². The first-order chi connectivity index (χ1) is 11.5. The lowest BCUT2D eigenvalue weighted by atomic mass is 9.92. The van der Waals surface area contributed by atoms with E-state index in [0.29, 0.717) is 12.0 Å². The van der Waals surface area contributed by atoms with Gasteiger partial charge in [-0.3, -0.25) is 0 Å². The monoisotopic (exact) mass is 349 g/mol. The van der Waals surface area contributed by atoms with Crippen LogP contribution in [0, 0.1) is 12.8 Å². The average molecular weight is 350 g/mol. The van der Waals surface area contributed by atoms with Gasteiger partial charge in [0.1, 0.15) is 0 Å². The van der Waals surface area contributed by atoms with Crippen LogP contribution in [0.15, 0.2) is 0 Å². The smallest absolute Gasteiger partial charge is 0.0668 e. The molecule has 2 atom stereocenters. The predicted octanol–water partition coefficient (Wildman–Crippen LogP) is 1.26. The van der Waals surface area contributed by atoms with Gasteiger partial charge in [0.15, 0.2) is 0 Å². The molecule has 0 aliphatic carbocycles. The first-order valence-corrected chi connectivity index (χ1v) is 9.12. The van der Waals surface area contributed by atoms with Crippen LogP contribution >= 0.6 is 0 Å². The van der Waals surface area contributed by atoms with E-state index in [0.717, 1.165) is 6.42 Å². The molecule has 24 heavy (non-hydrogen) atoms. The maximum absolute atomic E-state index is 4.50. The average Bonchev–Trinajstić information content (AvgIpc) is 2.67. The van der Waals surface area contributed by atoms with E-state index < -0.39 is 0 Å². The molecule has 6 heteroatoms. The van der Waals surface area contributed by atoms with Gasteiger partial charge in [0, 0.05) is 6.04 Å². The van der Waals surface area contributed by atoms with Crippen LogP contribution in [0.4, 0.5) is 0 Å². The fourth-order valence-electron chi connectivity index (χ4n) is 2.24. The minimum Gasteiger partial charge on any atom is -0.333 e. The van der Waals surface area contributed by atoms with Crippen LogP contribution < -0.4 is 33.2 Å². The van der Waals surface area contributed by atoms with Gasteiger partial charge in [-0.2, -0.15) is 0 Å². The van der Waals surface area contributed by atoms with Crippen molar-refractivity contribution >= 4 is 0 Å². The van der Waals surface area contributed by atoms with Gasteiger partial charge >= 0.3 is 0 Å². The Morgan fingerprint density at radius 3 is 1.67 bits per heavy atom. The van der Waals surface area contributed by atoms with Gasteiger partial charge in [-0.05, 0) is 74.4 Å². The van der Waals surface area contributed by atoms with Crippen LogP contribution in [-0.4, -0.2) is 54.0 Å². The Morgan fingerprint density at radius 2 is 1.33 bits per heavy atom. The minimum absolute atomic E-state index is 0.00770. The van der Waals surface area contributed by atoms with Crippen molar-refractivity contribution in [1.29, 1.82) is 0 Å². The lowest BCUT2D eigenvalue weighted by Gasteiger charge is -2.33. The third-order valence-electron chi connectivity index (χ3n) is 4.06. The zero-order valence-electron chi connectivity index (χ0n) is 17.8. The molecular weight excluding hydrogens is 300 g/mol. The number of hydrogen-bond acceptors (Lipinski definition) is 6. The normalized spacial score (nSPS) is 12.5. The van der Waals surface area contributed by atoms with Crippen molar-refractivity contribution in [3.63, 3.8) is 0 Å². The lowest BCUT2D eigenvalue weighted by molar-refractivity contribution is 0.256. The quantitative estimate of drug-likeness (QED) is 0.313. The molecular formula is C18H49N6. The van der Waals surface area contributed by atoms with Crippen molar-refractivity contribution in [1.82, 2.24) is 16.0 Å². The number of unbranched alkanes of at least 4 members (excludes halogenated alkanes) is 1. The van der Waals surface area contributed by atoms with Crippen molar-refractivity contribution in [2.45, 2.75) is 64.1 Å². The van der Waals surface area contributed by atoms with Gasteiger partial charge in [-0.1, -0.05) is 33.1 Å². The summed E-state index contributed by atoms with van der Waals surface area (Å²) in [6, 6.07) is 0.542. The summed E-state index contributed by atoms with van der Waals surface area (Å²) in [7, 11) is 10.6. The van der Waals surface area contributed by atoms with E-state index in [4.69, 9.17) is 0 Å². The van der Waals surface area contributed by atoms with Crippen molar-refractivity contribution < 1.29 is 0 Å². The van der Waals surface area contributed by atoms with Crippen molar-refractivity contribution in [2.75, 3.05) is 42.3 Å². The molecule has 0 amide bonds. The first kappa shape index (κ1) is 31.5. The summed E-state index contributed by atoms with van der Waals surface area (Å²) in [5.41, 5.74) is 13.5. The Kier molecular flexibility index (Phi) is 32.8. The highest BCUT2D eigenvalue weighted by Gasteiger charge is 2.23. The molecule has 0 spiro atoms. The van der Waals surface area contributed by atoms with Crippen LogP contribution in [-0.2, 0) is 0 Å². The van der Waals surface area contributed by atoms with Crippen LogP contribution in [0.2, 0.25) is 0 Å². The SMILES string of the molecule is CN.CN.CN.[CH2]C(CCCC)CCC(CC(C)(NC)NC)NC. The molecule has 6 nitrogen and oxygen atoms in total. The van der Waals surface area contributed by atoms with Gasteiger partial charge in [-0.25, -0.2) is 0 Å². The third kappa shape index (κ3) is 19.8. The molecule has 0 aromatic heterocycles. The summed E-state index contributed by atoms with van der Waals surface area (Å²) >= 11 is 0. The predicted molar refractivity (Wildman–Crippen MR) is 112 cm³/mol. The zero-order chi connectivity index (χ0) is 20.0. The molecule has 0 saturated carbocycles. The van der Waals surface area contributed by atoms with E-state index >= 15 is 0 Å². The molecule has 0 aliphatic rings. The molecule has 0 aromatic rings. The summed E-state index contributed by atoms with van der Waals surface area (Å²) in [5, 5.41) is 10.1. The largest absolute Gasteiger partial charge is 0.333 e.